The summed E-state index contributed by atoms with van der Waals surface area (Å²) in [7, 11) is 3.20. The number of benzene rings is 2. The molecule has 0 atom stereocenters. The van der Waals surface area contributed by atoms with Crippen LogP contribution in [0.3, 0.4) is 0 Å². The largest absolute Gasteiger partial charge is 0.496 e. The molecule has 3 aromatic rings. The van der Waals surface area contributed by atoms with Gasteiger partial charge in [0, 0.05) is 23.6 Å². The molecule has 9 nitrogen and oxygen atoms in total. The van der Waals surface area contributed by atoms with Gasteiger partial charge < -0.3 is 9.47 Å². The zero-order chi connectivity index (χ0) is 27.3. The maximum Gasteiger partial charge on any atom is 0.273 e. The Kier molecular flexibility index (Phi) is 10.1. The van der Waals surface area contributed by atoms with E-state index in [2.05, 4.69) is 26.0 Å². The number of rotatable bonds is 10. The predicted octanol–water partition coefficient (Wildman–Crippen LogP) is 4.57. The molecule has 0 aliphatic carbocycles. The van der Waals surface area contributed by atoms with Crippen molar-refractivity contribution in [2.75, 3.05) is 14.2 Å². The van der Waals surface area contributed by atoms with E-state index in [0.29, 0.717) is 11.4 Å². The number of hydrogen-bond acceptors (Lipinski definition) is 7. The molecule has 0 bridgehead atoms. The number of nitrogens with one attached hydrogen (secondary N) is 2. The molecule has 0 saturated carbocycles. The fourth-order valence-corrected chi connectivity index (χ4v) is 3.48. The third kappa shape index (κ3) is 7.47. The number of aromatic nitrogens is 1. The minimum atomic E-state index is -0.491. The molecule has 2 aromatic carbocycles. The number of carbonyl (C=O) groups is 2. The van der Waals surface area contributed by atoms with Crippen molar-refractivity contribution < 1.29 is 19.1 Å². The van der Waals surface area contributed by atoms with Crippen molar-refractivity contribution in [1.82, 2.24) is 15.8 Å². The van der Waals surface area contributed by atoms with Crippen molar-refractivity contribution in [3.05, 3.63) is 100 Å². The summed E-state index contributed by atoms with van der Waals surface area (Å²) in [6.07, 6.45) is 9.86. The maximum absolute atomic E-state index is 12.7. The summed E-state index contributed by atoms with van der Waals surface area (Å²) in [5, 5.41) is 7.89. The molecule has 0 aliphatic heterocycles. The lowest BCUT2D eigenvalue weighted by Gasteiger charge is -2.09. The molecule has 0 fully saturated rings. The summed E-state index contributed by atoms with van der Waals surface area (Å²) in [4.78, 5) is 29.7. The van der Waals surface area contributed by atoms with Crippen LogP contribution in [0, 0.1) is 13.8 Å². The first-order chi connectivity index (χ1) is 18.4. The second-order valence-electron chi connectivity index (χ2n) is 7.89. The van der Waals surface area contributed by atoms with Gasteiger partial charge in [-0.05, 0) is 56.4 Å². The van der Waals surface area contributed by atoms with E-state index in [9.17, 15) is 9.59 Å². The summed E-state index contributed by atoms with van der Waals surface area (Å²) >= 11 is 0. The Hall–Kier alpha value is -5.05. The van der Waals surface area contributed by atoms with Crippen molar-refractivity contribution in [3.63, 3.8) is 0 Å². The molecular formula is C29H29N5O4. The molecular weight excluding hydrogens is 482 g/mol. The van der Waals surface area contributed by atoms with E-state index in [-0.39, 0.29) is 11.1 Å². The first-order valence-electron chi connectivity index (χ1n) is 11.7. The van der Waals surface area contributed by atoms with Gasteiger partial charge in [0.15, 0.2) is 0 Å². The highest BCUT2D eigenvalue weighted by molar-refractivity contribution is 6.01. The highest BCUT2D eigenvalue weighted by Gasteiger charge is 2.17. The molecule has 194 valence electrons. The van der Waals surface area contributed by atoms with Gasteiger partial charge in [-0.25, -0.2) is 10.9 Å². The summed E-state index contributed by atoms with van der Waals surface area (Å²) < 4.78 is 10.6. The van der Waals surface area contributed by atoms with E-state index in [1.54, 1.807) is 40.2 Å². The smallest absolute Gasteiger partial charge is 0.273 e. The van der Waals surface area contributed by atoms with Crippen molar-refractivity contribution in [1.29, 1.82) is 0 Å². The minimum Gasteiger partial charge on any atom is -0.496 e. The van der Waals surface area contributed by atoms with E-state index in [1.165, 1.54) is 18.5 Å². The highest BCUT2D eigenvalue weighted by atomic mass is 16.5. The molecule has 2 amide bonds. The summed E-state index contributed by atoms with van der Waals surface area (Å²) in [5.74, 6) is 0.471. The number of aryl methyl sites for hydroxylation is 2. The Morgan fingerprint density at radius 2 is 1.16 bits per heavy atom. The Labute approximate surface area is 221 Å². The number of nitrogens with zero attached hydrogens (tertiary/aromatic N) is 3. The van der Waals surface area contributed by atoms with Crippen LogP contribution in [0.4, 0.5) is 0 Å². The number of ether oxygens (including phenoxy) is 2. The van der Waals surface area contributed by atoms with E-state index >= 15 is 0 Å². The number of hydrazone groups is 2. The zero-order valence-electron chi connectivity index (χ0n) is 21.6. The number of amides is 2. The fraction of sp³-hybridized carbons (Fsp3) is 0.138. The lowest BCUT2D eigenvalue weighted by atomic mass is 10.1. The summed E-state index contributed by atoms with van der Waals surface area (Å²) in [6, 6.07) is 16.5. The molecule has 3 rings (SSSR count). The van der Waals surface area contributed by atoms with Gasteiger partial charge in [-0.15, -0.1) is 0 Å². The van der Waals surface area contributed by atoms with E-state index in [0.717, 1.165) is 22.6 Å². The highest BCUT2D eigenvalue weighted by Crippen LogP contribution is 2.19. The first-order valence-corrected chi connectivity index (χ1v) is 11.7. The normalized spacial score (nSPS) is 11.5. The van der Waals surface area contributed by atoms with Crippen LogP contribution in [-0.2, 0) is 0 Å². The number of methoxy groups -OCH3 is 2. The zero-order valence-corrected chi connectivity index (χ0v) is 21.6. The topological polar surface area (TPSA) is 114 Å². The van der Waals surface area contributed by atoms with E-state index in [4.69, 9.17) is 9.47 Å². The van der Waals surface area contributed by atoms with Crippen molar-refractivity contribution in [3.8, 4) is 11.5 Å². The Balaban J connectivity index is 1.62. The van der Waals surface area contributed by atoms with Gasteiger partial charge in [0.1, 0.15) is 11.5 Å². The molecule has 38 heavy (non-hydrogen) atoms. The summed E-state index contributed by atoms with van der Waals surface area (Å²) in [6.45, 7) is 3.38. The minimum absolute atomic E-state index is 0.228. The molecule has 0 radical (unpaired) electrons. The van der Waals surface area contributed by atoms with Gasteiger partial charge in [0.2, 0.25) is 0 Å². The van der Waals surface area contributed by atoms with Gasteiger partial charge in [0.25, 0.3) is 11.8 Å². The van der Waals surface area contributed by atoms with Gasteiger partial charge in [-0.3, -0.25) is 14.6 Å². The second kappa shape index (κ2) is 13.9. The number of para-hydroxylation sites is 2. The Morgan fingerprint density at radius 3 is 1.58 bits per heavy atom. The van der Waals surface area contributed by atoms with Gasteiger partial charge in [-0.2, -0.15) is 10.2 Å². The van der Waals surface area contributed by atoms with Crippen molar-refractivity contribution >= 4 is 36.4 Å². The van der Waals surface area contributed by atoms with Crippen LogP contribution in [0.15, 0.2) is 77.0 Å². The molecule has 0 saturated heterocycles. The van der Waals surface area contributed by atoms with Crippen LogP contribution in [-0.4, -0.2) is 43.4 Å². The van der Waals surface area contributed by atoms with Gasteiger partial charge in [0.05, 0.1) is 36.7 Å². The van der Waals surface area contributed by atoms with Crippen LogP contribution in [0.2, 0.25) is 0 Å². The number of hydrogen-bond donors (Lipinski definition) is 2. The Bertz CT molecular complexity index is 1310. The van der Waals surface area contributed by atoms with Crippen molar-refractivity contribution in [2.45, 2.75) is 13.8 Å². The second-order valence-corrected chi connectivity index (χ2v) is 7.89. The van der Waals surface area contributed by atoms with Crippen LogP contribution in [0.25, 0.3) is 12.2 Å². The molecule has 0 aliphatic rings. The van der Waals surface area contributed by atoms with Crippen LogP contribution >= 0.6 is 0 Å². The molecule has 2 N–H and O–H groups in total. The quantitative estimate of drug-likeness (QED) is 0.306. The number of allylic oxidation sites excluding steroid dienone is 2. The molecule has 9 heteroatoms. The third-order valence-electron chi connectivity index (χ3n) is 5.38. The number of pyridine rings is 1. The SMILES string of the molecule is COc1ccccc1C=CC=NNC(=O)c1cc(C(=O)NN=CC=Cc2ccccc2OC)c(C)nc1C. The lowest BCUT2D eigenvalue weighted by Crippen LogP contribution is -2.23. The Morgan fingerprint density at radius 1 is 0.737 bits per heavy atom. The van der Waals surface area contributed by atoms with Crippen LogP contribution < -0.4 is 20.3 Å². The fourth-order valence-electron chi connectivity index (χ4n) is 3.48. The van der Waals surface area contributed by atoms with E-state index in [1.807, 2.05) is 60.7 Å². The standard InChI is InChI=1S/C29H29N5O4/c1-20-24(28(35)33-30-17-9-13-22-11-5-7-15-26(22)37-3)19-25(21(2)32-20)29(36)34-31-18-10-14-23-12-6-8-16-27(23)38-4/h5-19H,1-4H3,(H,33,35)(H,34,36). The molecule has 0 unspecified atom stereocenters. The number of carbonyl (C=O) groups excluding carboxylic acids is 2. The van der Waals surface area contributed by atoms with Crippen LogP contribution in [0.5, 0.6) is 11.5 Å². The maximum atomic E-state index is 12.7. The average Bonchev–Trinajstić information content (AvgIpc) is 2.92. The molecule has 1 aromatic heterocycles. The molecule has 0 spiro atoms. The van der Waals surface area contributed by atoms with E-state index < -0.39 is 11.8 Å². The monoisotopic (exact) mass is 511 g/mol. The molecule has 1 heterocycles. The van der Waals surface area contributed by atoms with Crippen molar-refractivity contribution in [2.24, 2.45) is 10.2 Å². The summed E-state index contributed by atoms with van der Waals surface area (Å²) in [5.41, 5.74) is 8.06. The predicted molar refractivity (Wildman–Crippen MR) is 150 cm³/mol. The first kappa shape index (κ1) is 27.5. The van der Waals surface area contributed by atoms with Gasteiger partial charge in [-0.1, -0.05) is 36.4 Å². The third-order valence-corrected chi connectivity index (χ3v) is 5.38. The van der Waals surface area contributed by atoms with Gasteiger partial charge >= 0.3 is 0 Å². The average molecular weight is 512 g/mol. The van der Waals surface area contributed by atoms with Crippen LogP contribution in [0.1, 0.15) is 43.2 Å². The lowest BCUT2D eigenvalue weighted by molar-refractivity contribution is 0.0954.